The third kappa shape index (κ3) is 2.58. The Labute approximate surface area is 86.1 Å². The fourth-order valence-electron chi connectivity index (χ4n) is 2.12. The van der Waals surface area contributed by atoms with Crippen LogP contribution in [0.15, 0.2) is 30.3 Å². The van der Waals surface area contributed by atoms with Crippen LogP contribution in [-0.4, -0.2) is 12.2 Å². The number of rotatable bonds is 2. The molecule has 0 aliphatic carbocycles. The van der Waals surface area contributed by atoms with Crippen LogP contribution in [0.25, 0.3) is 0 Å². The Bertz CT molecular complexity index is 268. The Kier molecular flexibility index (Phi) is 3.20. The fraction of sp³-hybridized carbons (Fsp3) is 0.538. The maximum atomic E-state index is 5.89. The first-order valence-electron chi connectivity index (χ1n) is 5.54. The van der Waals surface area contributed by atoms with Gasteiger partial charge in [0.05, 0.1) is 12.2 Å². The molecule has 2 rings (SSSR count). The lowest BCUT2D eigenvalue weighted by Crippen LogP contribution is -2.27. The highest BCUT2D eigenvalue weighted by molar-refractivity contribution is 5.15. The summed E-state index contributed by atoms with van der Waals surface area (Å²) in [6, 6.07) is 10.6. The summed E-state index contributed by atoms with van der Waals surface area (Å²) in [5, 5.41) is 0. The van der Waals surface area contributed by atoms with Gasteiger partial charge >= 0.3 is 0 Å². The van der Waals surface area contributed by atoms with Crippen molar-refractivity contribution in [3.63, 3.8) is 0 Å². The van der Waals surface area contributed by atoms with Crippen molar-refractivity contribution in [3.8, 4) is 0 Å². The minimum Gasteiger partial charge on any atom is -0.375 e. The quantitative estimate of drug-likeness (QED) is 0.696. The largest absolute Gasteiger partial charge is 0.375 e. The van der Waals surface area contributed by atoms with Crippen molar-refractivity contribution in [1.29, 1.82) is 0 Å². The van der Waals surface area contributed by atoms with Gasteiger partial charge in [-0.3, -0.25) is 0 Å². The Morgan fingerprint density at radius 2 is 2.00 bits per heavy atom. The van der Waals surface area contributed by atoms with E-state index in [1.165, 1.54) is 24.8 Å². The number of hydrogen-bond acceptors (Lipinski definition) is 1. The lowest BCUT2D eigenvalue weighted by atomic mass is 9.99. The molecule has 0 bridgehead atoms. The van der Waals surface area contributed by atoms with Crippen LogP contribution < -0.4 is 0 Å². The van der Waals surface area contributed by atoms with E-state index >= 15 is 0 Å². The van der Waals surface area contributed by atoms with Crippen LogP contribution in [0.3, 0.4) is 0 Å². The molecule has 0 spiro atoms. The minimum absolute atomic E-state index is 0.446. The first-order chi connectivity index (χ1) is 6.84. The normalized spacial score (nSPS) is 27.5. The predicted octanol–water partition coefficient (Wildman–Crippen LogP) is 3.19. The molecule has 0 aromatic heterocycles. The second-order valence-electron chi connectivity index (χ2n) is 4.19. The molecular weight excluding hydrogens is 172 g/mol. The lowest BCUT2D eigenvalue weighted by molar-refractivity contribution is -0.0387. The zero-order chi connectivity index (χ0) is 9.80. The third-order valence-electron chi connectivity index (χ3n) is 2.87. The van der Waals surface area contributed by atoms with E-state index in [-0.39, 0.29) is 0 Å². The molecule has 1 heterocycles. The summed E-state index contributed by atoms with van der Waals surface area (Å²) in [7, 11) is 0. The molecule has 2 atom stereocenters. The van der Waals surface area contributed by atoms with E-state index in [0.717, 1.165) is 6.42 Å². The lowest BCUT2D eigenvalue weighted by Gasteiger charge is -2.27. The van der Waals surface area contributed by atoms with Crippen LogP contribution in [0.1, 0.15) is 31.7 Å². The van der Waals surface area contributed by atoms with Crippen molar-refractivity contribution in [2.24, 2.45) is 0 Å². The van der Waals surface area contributed by atoms with Gasteiger partial charge in [0, 0.05) is 0 Å². The van der Waals surface area contributed by atoms with Crippen LogP contribution in [0.2, 0.25) is 0 Å². The summed E-state index contributed by atoms with van der Waals surface area (Å²) in [4.78, 5) is 0. The van der Waals surface area contributed by atoms with Gasteiger partial charge in [0.15, 0.2) is 0 Å². The van der Waals surface area contributed by atoms with E-state index in [2.05, 4.69) is 37.3 Å². The van der Waals surface area contributed by atoms with Crippen molar-refractivity contribution in [3.05, 3.63) is 35.9 Å². The number of ether oxygens (including phenoxy) is 1. The van der Waals surface area contributed by atoms with Crippen LogP contribution in [0, 0.1) is 0 Å². The topological polar surface area (TPSA) is 9.23 Å². The monoisotopic (exact) mass is 190 g/mol. The molecule has 0 saturated carbocycles. The van der Waals surface area contributed by atoms with E-state index in [4.69, 9.17) is 4.74 Å². The highest BCUT2D eigenvalue weighted by Gasteiger charge is 2.18. The van der Waals surface area contributed by atoms with E-state index in [1.807, 2.05) is 0 Å². The molecule has 14 heavy (non-hydrogen) atoms. The van der Waals surface area contributed by atoms with E-state index < -0.39 is 0 Å². The van der Waals surface area contributed by atoms with Crippen LogP contribution in [0.4, 0.5) is 0 Å². The zero-order valence-electron chi connectivity index (χ0n) is 8.78. The summed E-state index contributed by atoms with van der Waals surface area (Å²) < 4.78 is 5.89. The van der Waals surface area contributed by atoms with Crippen LogP contribution >= 0.6 is 0 Å². The van der Waals surface area contributed by atoms with Crippen molar-refractivity contribution in [1.82, 2.24) is 0 Å². The molecule has 1 saturated heterocycles. The van der Waals surface area contributed by atoms with Gasteiger partial charge in [-0.05, 0) is 38.2 Å². The average Bonchev–Trinajstić information content (AvgIpc) is 2.19. The van der Waals surface area contributed by atoms with Gasteiger partial charge < -0.3 is 4.74 Å². The highest BCUT2D eigenvalue weighted by Crippen LogP contribution is 2.21. The Morgan fingerprint density at radius 3 is 2.71 bits per heavy atom. The van der Waals surface area contributed by atoms with Gasteiger partial charge in [0.1, 0.15) is 0 Å². The standard InChI is InChI=1S/C13H18O/c1-11-6-5-9-13(14-11)10-12-7-3-2-4-8-12/h2-4,7-8,11,13H,5-6,9-10H2,1H3/t11-,13-/m0/s1. The van der Waals surface area contributed by atoms with Crippen molar-refractivity contribution in [2.75, 3.05) is 0 Å². The van der Waals surface area contributed by atoms with Gasteiger partial charge in [-0.1, -0.05) is 30.3 Å². The maximum absolute atomic E-state index is 5.89. The van der Waals surface area contributed by atoms with Gasteiger partial charge in [0.2, 0.25) is 0 Å². The second-order valence-corrected chi connectivity index (χ2v) is 4.19. The molecule has 1 fully saturated rings. The first kappa shape index (κ1) is 9.72. The third-order valence-corrected chi connectivity index (χ3v) is 2.87. The molecule has 0 amide bonds. The molecule has 0 radical (unpaired) electrons. The Hall–Kier alpha value is -0.820. The molecule has 1 aliphatic heterocycles. The first-order valence-corrected chi connectivity index (χ1v) is 5.54. The zero-order valence-corrected chi connectivity index (χ0v) is 8.78. The van der Waals surface area contributed by atoms with Crippen LogP contribution in [-0.2, 0) is 11.2 Å². The number of benzene rings is 1. The molecule has 1 heteroatoms. The molecule has 0 unspecified atom stereocenters. The van der Waals surface area contributed by atoms with Gasteiger partial charge in [-0.15, -0.1) is 0 Å². The maximum Gasteiger partial charge on any atom is 0.0619 e. The molecule has 1 aromatic carbocycles. The molecule has 1 nitrogen and oxygen atoms in total. The van der Waals surface area contributed by atoms with E-state index in [1.54, 1.807) is 0 Å². The molecular formula is C13H18O. The highest BCUT2D eigenvalue weighted by atomic mass is 16.5. The summed E-state index contributed by atoms with van der Waals surface area (Å²) in [6.45, 7) is 2.18. The minimum atomic E-state index is 0.446. The van der Waals surface area contributed by atoms with Gasteiger partial charge in [-0.2, -0.15) is 0 Å². The fourth-order valence-corrected chi connectivity index (χ4v) is 2.12. The van der Waals surface area contributed by atoms with E-state index in [0.29, 0.717) is 12.2 Å². The van der Waals surface area contributed by atoms with E-state index in [9.17, 15) is 0 Å². The number of hydrogen-bond donors (Lipinski definition) is 0. The predicted molar refractivity (Wildman–Crippen MR) is 58.3 cm³/mol. The van der Waals surface area contributed by atoms with Gasteiger partial charge in [-0.25, -0.2) is 0 Å². The SMILES string of the molecule is C[C@H]1CCC[C@@H](Cc2ccccc2)O1. The summed E-state index contributed by atoms with van der Waals surface area (Å²) in [6.07, 6.45) is 5.74. The summed E-state index contributed by atoms with van der Waals surface area (Å²) >= 11 is 0. The van der Waals surface area contributed by atoms with Crippen molar-refractivity contribution >= 4 is 0 Å². The summed E-state index contributed by atoms with van der Waals surface area (Å²) in [5.41, 5.74) is 1.40. The molecule has 76 valence electrons. The Balaban J connectivity index is 1.91. The average molecular weight is 190 g/mol. The van der Waals surface area contributed by atoms with Crippen molar-refractivity contribution in [2.45, 2.75) is 44.8 Å². The van der Waals surface area contributed by atoms with Crippen molar-refractivity contribution < 1.29 is 4.74 Å². The second kappa shape index (κ2) is 4.61. The molecule has 1 aromatic rings. The molecule has 0 N–H and O–H groups in total. The summed E-state index contributed by atoms with van der Waals surface area (Å²) in [5.74, 6) is 0. The molecule has 1 aliphatic rings. The Morgan fingerprint density at radius 1 is 1.21 bits per heavy atom. The van der Waals surface area contributed by atoms with Gasteiger partial charge in [0.25, 0.3) is 0 Å². The van der Waals surface area contributed by atoms with Crippen LogP contribution in [0.5, 0.6) is 0 Å². The smallest absolute Gasteiger partial charge is 0.0619 e.